The summed E-state index contributed by atoms with van der Waals surface area (Å²) in [5, 5.41) is 17.3. The van der Waals surface area contributed by atoms with Crippen molar-refractivity contribution in [3.8, 4) is 0 Å². The molecule has 0 amide bonds. The lowest BCUT2D eigenvalue weighted by Gasteiger charge is -2.12. The van der Waals surface area contributed by atoms with Crippen LogP contribution in [0.5, 0.6) is 0 Å². The van der Waals surface area contributed by atoms with Crippen LogP contribution in [-0.2, 0) is 11.1 Å². The second kappa shape index (κ2) is 5.11. The van der Waals surface area contributed by atoms with Gasteiger partial charge in [0.25, 0.3) is 0 Å². The Balaban J connectivity index is 1.81. The zero-order valence-electron chi connectivity index (χ0n) is 10.9. The van der Waals surface area contributed by atoms with E-state index >= 15 is 0 Å². The summed E-state index contributed by atoms with van der Waals surface area (Å²) in [6, 6.07) is 15.3. The Bertz CT molecular complexity index is 643. The van der Waals surface area contributed by atoms with E-state index in [1.54, 1.807) is 0 Å². The predicted octanol–water partition coefficient (Wildman–Crippen LogP) is 0.972. The van der Waals surface area contributed by atoms with Gasteiger partial charge in [-0.15, -0.1) is 0 Å². The van der Waals surface area contributed by atoms with E-state index in [2.05, 4.69) is 0 Å². The Kier molecular flexibility index (Phi) is 3.30. The molecule has 0 spiro atoms. The zero-order chi connectivity index (χ0) is 14.1. The van der Waals surface area contributed by atoms with Gasteiger partial charge in [0.1, 0.15) is 5.84 Å². The lowest BCUT2D eigenvalue weighted by Crippen LogP contribution is -2.27. The van der Waals surface area contributed by atoms with Crippen molar-refractivity contribution in [1.29, 1.82) is 5.41 Å². The van der Waals surface area contributed by atoms with Gasteiger partial charge in [-0.3, -0.25) is 5.41 Å². The average Bonchev–Trinajstić information content (AvgIpc) is 2.77. The number of hydrogen-bond donors (Lipinski definition) is 3. The second-order valence-electron chi connectivity index (χ2n) is 4.92. The fourth-order valence-electron chi connectivity index (χ4n) is 2.52. The molecular weight excluding hydrogens is 251 g/mol. The number of nitrogens with two attached hydrogens (primary N) is 1. The molecule has 4 nitrogen and oxygen atoms in total. The minimum absolute atomic E-state index is 0.0643. The molecular formula is C15H15BN2O2. The van der Waals surface area contributed by atoms with Gasteiger partial charge in [0.2, 0.25) is 0 Å². The number of rotatable bonds is 3. The third-order valence-corrected chi connectivity index (χ3v) is 3.59. The molecule has 0 saturated carbocycles. The Morgan fingerprint density at radius 1 is 1.20 bits per heavy atom. The van der Waals surface area contributed by atoms with Gasteiger partial charge in [-0.2, -0.15) is 0 Å². The topological polar surface area (TPSA) is 79.3 Å². The van der Waals surface area contributed by atoms with Crippen LogP contribution in [0.4, 0.5) is 0 Å². The summed E-state index contributed by atoms with van der Waals surface area (Å²) in [4.78, 5) is 0. The van der Waals surface area contributed by atoms with Crippen LogP contribution < -0.4 is 11.2 Å². The first-order valence-electron chi connectivity index (χ1n) is 6.51. The Hall–Kier alpha value is -2.11. The number of fused-ring (bicyclic) bond motifs is 1. The van der Waals surface area contributed by atoms with Crippen molar-refractivity contribution in [3.05, 3.63) is 65.2 Å². The van der Waals surface area contributed by atoms with Crippen LogP contribution in [0.1, 0.15) is 22.8 Å². The van der Waals surface area contributed by atoms with Crippen molar-refractivity contribution >= 4 is 18.4 Å². The summed E-state index contributed by atoms with van der Waals surface area (Å²) < 4.78 is 5.60. The van der Waals surface area contributed by atoms with Crippen LogP contribution in [0.2, 0.25) is 0 Å². The first-order chi connectivity index (χ1) is 9.65. The molecule has 0 saturated heterocycles. The third-order valence-electron chi connectivity index (χ3n) is 3.59. The van der Waals surface area contributed by atoms with Gasteiger partial charge < -0.3 is 15.4 Å². The Morgan fingerprint density at radius 3 is 2.60 bits per heavy atom. The standard InChI is InChI=1S/C15H15BN2O2/c17-15(18)11-7-5-10(6-8-11)9-14-12-3-1-2-4-13(12)16(19)20-14/h1-8,14,19H,9H2,(H3,17,18). The average molecular weight is 266 g/mol. The molecule has 0 aliphatic carbocycles. The van der Waals surface area contributed by atoms with E-state index < -0.39 is 7.12 Å². The fourth-order valence-corrected chi connectivity index (χ4v) is 2.52. The van der Waals surface area contributed by atoms with Gasteiger partial charge in [-0.25, -0.2) is 0 Å². The molecule has 20 heavy (non-hydrogen) atoms. The molecule has 100 valence electrons. The highest BCUT2D eigenvalue weighted by Crippen LogP contribution is 2.27. The first kappa shape index (κ1) is 12.9. The van der Waals surface area contributed by atoms with Gasteiger partial charge in [0.05, 0.1) is 6.10 Å². The SMILES string of the molecule is N=C(N)c1ccc(CC2OB(O)c3ccccc32)cc1. The summed E-state index contributed by atoms with van der Waals surface area (Å²) in [5.41, 5.74) is 9.11. The van der Waals surface area contributed by atoms with Gasteiger partial charge in [0, 0.05) is 12.0 Å². The lowest BCUT2D eigenvalue weighted by atomic mass is 9.79. The number of benzene rings is 2. The van der Waals surface area contributed by atoms with Gasteiger partial charge in [-0.1, -0.05) is 48.5 Å². The van der Waals surface area contributed by atoms with E-state index in [0.29, 0.717) is 12.0 Å². The van der Waals surface area contributed by atoms with E-state index in [0.717, 1.165) is 16.6 Å². The van der Waals surface area contributed by atoms with Crippen molar-refractivity contribution in [2.24, 2.45) is 5.73 Å². The van der Waals surface area contributed by atoms with Gasteiger partial charge in [-0.05, 0) is 16.6 Å². The molecule has 2 aromatic carbocycles. The van der Waals surface area contributed by atoms with Crippen LogP contribution in [0.15, 0.2) is 48.5 Å². The maximum atomic E-state index is 9.88. The predicted molar refractivity (Wildman–Crippen MR) is 79.0 cm³/mol. The highest BCUT2D eigenvalue weighted by atomic mass is 16.5. The molecule has 4 N–H and O–H groups in total. The third kappa shape index (κ3) is 2.33. The fraction of sp³-hybridized carbons (Fsp3) is 0.133. The maximum Gasteiger partial charge on any atom is 0.491 e. The summed E-state index contributed by atoms with van der Waals surface area (Å²) in [7, 11) is -0.840. The van der Waals surface area contributed by atoms with Crippen molar-refractivity contribution in [2.45, 2.75) is 12.5 Å². The van der Waals surface area contributed by atoms with Crippen LogP contribution in [0.3, 0.4) is 0 Å². The highest BCUT2D eigenvalue weighted by molar-refractivity contribution is 6.61. The quantitative estimate of drug-likeness (QED) is 0.440. The Labute approximate surface area is 117 Å². The van der Waals surface area contributed by atoms with Crippen molar-refractivity contribution in [1.82, 2.24) is 0 Å². The van der Waals surface area contributed by atoms with E-state index in [9.17, 15) is 5.02 Å². The van der Waals surface area contributed by atoms with E-state index in [1.165, 1.54) is 0 Å². The number of nitrogen functional groups attached to an aromatic ring is 1. The molecule has 2 aromatic rings. The van der Waals surface area contributed by atoms with E-state index in [-0.39, 0.29) is 11.9 Å². The second-order valence-corrected chi connectivity index (χ2v) is 4.92. The molecule has 0 fully saturated rings. The lowest BCUT2D eigenvalue weighted by molar-refractivity contribution is 0.191. The Morgan fingerprint density at radius 2 is 1.90 bits per heavy atom. The normalized spacial score (nSPS) is 17.1. The minimum Gasteiger partial charge on any atom is -0.423 e. The van der Waals surface area contributed by atoms with E-state index in [4.69, 9.17) is 15.8 Å². The number of nitrogens with one attached hydrogen (secondary N) is 1. The zero-order valence-corrected chi connectivity index (χ0v) is 10.9. The maximum absolute atomic E-state index is 9.88. The summed E-state index contributed by atoms with van der Waals surface area (Å²) in [6.45, 7) is 0. The summed E-state index contributed by atoms with van der Waals surface area (Å²) in [6.07, 6.45) is 0.552. The molecule has 1 heterocycles. The number of amidine groups is 1. The van der Waals surface area contributed by atoms with Crippen molar-refractivity contribution in [2.75, 3.05) is 0 Å². The molecule has 5 heteroatoms. The smallest absolute Gasteiger partial charge is 0.423 e. The molecule has 1 atom stereocenters. The van der Waals surface area contributed by atoms with Crippen LogP contribution >= 0.6 is 0 Å². The van der Waals surface area contributed by atoms with Gasteiger partial charge in [0.15, 0.2) is 0 Å². The van der Waals surface area contributed by atoms with Crippen LogP contribution in [0.25, 0.3) is 0 Å². The molecule has 1 aliphatic rings. The molecule has 1 aliphatic heterocycles. The number of hydrogen-bond acceptors (Lipinski definition) is 3. The molecule has 3 rings (SSSR count). The van der Waals surface area contributed by atoms with Crippen molar-refractivity contribution in [3.63, 3.8) is 0 Å². The highest BCUT2D eigenvalue weighted by Gasteiger charge is 2.34. The van der Waals surface area contributed by atoms with E-state index in [1.807, 2.05) is 48.5 Å². The van der Waals surface area contributed by atoms with Crippen LogP contribution in [-0.4, -0.2) is 18.0 Å². The summed E-state index contributed by atoms with van der Waals surface area (Å²) >= 11 is 0. The first-order valence-corrected chi connectivity index (χ1v) is 6.51. The molecule has 0 bridgehead atoms. The largest absolute Gasteiger partial charge is 0.491 e. The van der Waals surface area contributed by atoms with Crippen LogP contribution in [0, 0.1) is 5.41 Å². The molecule has 0 radical (unpaired) electrons. The monoisotopic (exact) mass is 266 g/mol. The molecule has 1 unspecified atom stereocenters. The molecule has 0 aromatic heterocycles. The minimum atomic E-state index is -0.840. The van der Waals surface area contributed by atoms with Gasteiger partial charge >= 0.3 is 7.12 Å². The van der Waals surface area contributed by atoms with Crippen molar-refractivity contribution < 1.29 is 9.68 Å². The summed E-state index contributed by atoms with van der Waals surface area (Å²) in [5.74, 6) is 0.0643.